The van der Waals surface area contributed by atoms with Crippen LogP contribution in [0.25, 0.3) is 24.3 Å². The van der Waals surface area contributed by atoms with Crippen molar-refractivity contribution < 1.29 is 58.8 Å². The second kappa shape index (κ2) is 26.7. The van der Waals surface area contributed by atoms with E-state index < -0.39 is 23.9 Å². The molecule has 0 radical (unpaired) electrons. The SMILES string of the molecule is C=CC1=C(C)/C(=C/C2=NC(=C\c3[nH]c(/C=C4\NC(=O)C(C)=C4C=C)c(C)c3CCC(=O)O)/C(CCC(=O)O)=C2C)NC1=O.C=CC1=C(C)C(CC2=N/C(=C\c3[nH]c(/C=C4\NC(=O)C(C)\C4=C\C)c(C)c3CCC(=O)O)C(CCC(=O)O)=C2C)NC1=O. The standard InChI is InChI=1S/C33H38N4O6.C33H34N4O6/c2*1-7-20-19(6)32(42)37-27(20)14-25-18(5)23(10-12-31(40)41)29(35-25)15-28-22(9-11-30(38)39)17(4)24(34-28)13-26-16(3)21(8-2)33(43)36-26/h7-8,14-15,19,26,35H,2,9-13H2,1,3-6H3,(H,36,43)(H,37,42)(H,38,39)(H,40,41);7-8,13-15,35H,1-2,9-12H2,3-6H3,(H,36,43)(H,37,42)(H,38,39)(H,40,41)/b20-7-,27-14-,28-15-;26-13-,27-14-,28-15-. The summed E-state index contributed by atoms with van der Waals surface area (Å²) in [7, 11) is 0. The van der Waals surface area contributed by atoms with Gasteiger partial charge in [-0.2, -0.15) is 0 Å². The lowest BCUT2D eigenvalue weighted by Crippen LogP contribution is -2.30. The molecule has 6 aliphatic heterocycles. The number of carboxylic acid groups (broad SMARTS) is 4. The van der Waals surface area contributed by atoms with Gasteiger partial charge < -0.3 is 51.7 Å². The maximum Gasteiger partial charge on any atom is 0.303 e. The Labute approximate surface area is 498 Å². The average Bonchev–Trinajstić information content (AvgIpc) is 2.80. The molecule has 6 aliphatic rings. The average molecular weight is 1170 g/mol. The minimum atomic E-state index is -0.948. The van der Waals surface area contributed by atoms with Crippen LogP contribution in [0.4, 0.5) is 0 Å². The summed E-state index contributed by atoms with van der Waals surface area (Å²) >= 11 is 0. The van der Waals surface area contributed by atoms with Gasteiger partial charge in [-0.15, -0.1) is 0 Å². The number of rotatable bonds is 22. The van der Waals surface area contributed by atoms with E-state index in [0.29, 0.717) is 80.0 Å². The van der Waals surface area contributed by atoms with Crippen molar-refractivity contribution in [3.8, 4) is 0 Å². The van der Waals surface area contributed by atoms with Gasteiger partial charge in [0.25, 0.3) is 17.7 Å². The summed E-state index contributed by atoms with van der Waals surface area (Å²) in [5, 5.41) is 49.3. The number of aliphatic imine (C=N–C) groups is 2. The van der Waals surface area contributed by atoms with Gasteiger partial charge in [0.05, 0.1) is 34.8 Å². The van der Waals surface area contributed by atoms with Crippen molar-refractivity contribution in [3.63, 3.8) is 0 Å². The van der Waals surface area contributed by atoms with E-state index in [0.717, 1.165) is 72.7 Å². The zero-order chi connectivity index (χ0) is 63.2. The minimum Gasteiger partial charge on any atom is -0.481 e. The van der Waals surface area contributed by atoms with Crippen LogP contribution in [0.2, 0.25) is 0 Å². The highest BCUT2D eigenvalue weighted by molar-refractivity contribution is 6.14. The molecule has 8 rings (SSSR count). The summed E-state index contributed by atoms with van der Waals surface area (Å²) < 4.78 is 0. The largest absolute Gasteiger partial charge is 0.481 e. The predicted molar refractivity (Wildman–Crippen MR) is 330 cm³/mol. The number of carbonyl (C=O) groups excluding carboxylic acids is 4. The monoisotopic (exact) mass is 1170 g/mol. The highest BCUT2D eigenvalue weighted by atomic mass is 16.4. The number of nitrogens with one attached hydrogen (secondary N) is 6. The van der Waals surface area contributed by atoms with Crippen molar-refractivity contribution in [2.24, 2.45) is 15.9 Å². The number of amides is 4. The van der Waals surface area contributed by atoms with Crippen molar-refractivity contribution in [1.82, 2.24) is 31.2 Å². The van der Waals surface area contributed by atoms with Gasteiger partial charge in [-0.05, 0) is 180 Å². The van der Waals surface area contributed by atoms with Gasteiger partial charge in [0, 0.05) is 94.3 Å². The fourth-order valence-electron chi connectivity index (χ4n) is 11.2. The lowest BCUT2D eigenvalue weighted by molar-refractivity contribution is -0.138. The third-order valence-electron chi connectivity index (χ3n) is 16.3. The predicted octanol–water partition coefficient (Wildman–Crippen LogP) is 9.57. The summed E-state index contributed by atoms with van der Waals surface area (Å²) in [4.78, 5) is 112. The Morgan fingerprint density at radius 3 is 1.50 bits per heavy atom. The summed E-state index contributed by atoms with van der Waals surface area (Å²) in [6, 6.07) is -0.254. The molecule has 10 N–H and O–H groups in total. The first-order valence-electron chi connectivity index (χ1n) is 28.1. The molecule has 20 heteroatoms. The van der Waals surface area contributed by atoms with Gasteiger partial charge in [-0.3, -0.25) is 43.3 Å². The summed E-state index contributed by atoms with van der Waals surface area (Å²) in [5.41, 5.74) is 18.2. The van der Waals surface area contributed by atoms with E-state index in [1.54, 1.807) is 37.3 Å². The smallest absolute Gasteiger partial charge is 0.303 e. The normalized spacial score (nSPS) is 21.4. The molecule has 2 unspecified atom stereocenters. The van der Waals surface area contributed by atoms with E-state index in [1.165, 1.54) is 6.08 Å². The van der Waals surface area contributed by atoms with E-state index in [1.807, 2.05) is 73.6 Å². The van der Waals surface area contributed by atoms with E-state index >= 15 is 0 Å². The Balaban J connectivity index is 0.000000246. The third kappa shape index (κ3) is 13.7. The molecule has 0 saturated carbocycles. The van der Waals surface area contributed by atoms with Crippen LogP contribution in [-0.2, 0) is 51.2 Å². The summed E-state index contributed by atoms with van der Waals surface area (Å²) in [6.45, 7) is 27.9. The third-order valence-corrected chi connectivity index (χ3v) is 16.3. The van der Waals surface area contributed by atoms with E-state index in [9.17, 15) is 58.8 Å². The van der Waals surface area contributed by atoms with E-state index in [4.69, 9.17) is 9.98 Å². The number of hydrogen-bond donors (Lipinski definition) is 10. The van der Waals surface area contributed by atoms with Gasteiger partial charge in [0.2, 0.25) is 5.91 Å². The lowest BCUT2D eigenvalue weighted by Gasteiger charge is -2.13. The quantitative estimate of drug-likeness (QED) is 0.0527. The number of aliphatic carboxylic acids is 4. The van der Waals surface area contributed by atoms with E-state index in [-0.39, 0.29) is 87.0 Å². The Bertz CT molecular complexity index is 3820. The van der Waals surface area contributed by atoms with Crippen molar-refractivity contribution >= 4 is 83.2 Å². The van der Waals surface area contributed by atoms with Crippen molar-refractivity contribution in [1.29, 1.82) is 0 Å². The number of nitrogens with zero attached hydrogens (tertiary/aromatic N) is 2. The van der Waals surface area contributed by atoms with Crippen LogP contribution in [0, 0.1) is 19.8 Å². The van der Waals surface area contributed by atoms with Crippen LogP contribution >= 0.6 is 0 Å². The highest BCUT2D eigenvalue weighted by Gasteiger charge is 2.33. The Kier molecular flexibility index (Phi) is 19.8. The van der Waals surface area contributed by atoms with Crippen LogP contribution in [0.5, 0.6) is 0 Å². The molecular formula is C66H72N8O12. The number of carboxylic acids is 4. The number of aromatic amines is 2. The van der Waals surface area contributed by atoms with E-state index in [2.05, 4.69) is 51.0 Å². The van der Waals surface area contributed by atoms with Gasteiger partial charge in [0.1, 0.15) is 0 Å². The number of H-pyrrole nitrogens is 2. The molecule has 2 aromatic heterocycles. The zero-order valence-corrected chi connectivity index (χ0v) is 49.8. The number of allylic oxidation sites excluding steroid dienone is 9. The fraction of sp³-hybridized carbons (Fsp3) is 0.303. The molecule has 2 aromatic rings. The van der Waals surface area contributed by atoms with Crippen molar-refractivity contribution in [3.05, 3.63) is 185 Å². The molecule has 1 saturated heterocycles. The zero-order valence-electron chi connectivity index (χ0n) is 49.8. The van der Waals surface area contributed by atoms with Crippen LogP contribution in [-0.4, -0.2) is 95.4 Å². The molecule has 0 aromatic carbocycles. The molecule has 20 nitrogen and oxygen atoms in total. The lowest BCUT2D eigenvalue weighted by atomic mass is 9.95. The first kappa shape index (κ1) is 63.6. The molecule has 0 bridgehead atoms. The Morgan fingerprint density at radius 1 is 0.523 bits per heavy atom. The Hall–Kier alpha value is -9.98. The first-order valence-corrected chi connectivity index (χ1v) is 28.1. The summed E-state index contributed by atoms with van der Waals surface area (Å²) in [6.07, 6.45) is 16.7. The van der Waals surface area contributed by atoms with Gasteiger partial charge in [-0.1, -0.05) is 44.0 Å². The van der Waals surface area contributed by atoms with Crippen LogP contribution in [0.15, 0.2) is 150 Å². The molecule has 0 aliphatic carbocycles. The van der Waals surface area contributed by atoms with Crippen molar-refractivity contribution in [2.75, 3.05) is 0 Å². The van der Waals surface area contributed by atoms with Crippen LogP contribution in [0.1, 0.15) is 138 Å². The maximum absolute atomic E-state index is 12.4. The summed E-state index contributed by atoms with van der Waals surface area (Å²) in [5.74, 6) is -4.75. The number of aromatic nitrogens is 2. The second-order valence-electron chi connectivity index (χ2n) is 21.6. The van der Waals surface area contributed by atoms with Crippen LogP contribution in [0.3, 0.4) is 0 Å². The number of hydrogen-bond acceptors (Lipinski definition) is 10. The van der Waals surface area contributed by atoms with Gasteiger partial charge in [0.15, 0.2) is 0 Å². The molecule has 1 fully saturated rings. The Morgan fingerprint density at radius 2 is 1.01 bits per heavy atom. The van der Waals surface area contributed by atoms with Crippen molar-refractivity contribution in [2.45, 2.75) is 126 Å². The molecule has 448 valence electrons. The fourth-order valence-corrected chi connectivity index (χ4v) is 11.2. The molecule has 4 amide bonds. The minimum absolute atomic E-state index is 0.0767. The molecule has 8 heterocycles. The van der Waals surface area contributed by atoms with Crippen LogP contribution < -0.4 is 21.3 Å². The second-order valence-corrected chi connectivity index (χ2v) is 21.6. The first-order chi connectivity index (χ1) is 40.7. The number of carbonyl (C=O) groups is 8. The molecular weight excluding hydrogens is 1100 g/mol. The highest BCUT2D eigenvalue weighted by Crippen LogP contribution is 2.38. The maximum atomic E-state index is 12.4. The van der Waals surface area contributed by atoms with Gasteiger partial charge in [-0.25, -0.2) is 4.99 Å². The van der Waals surface area contributed by atoms with Gasteiger partial charge >= 0.3 is 23.9 Å². The molecule has 86 heavy (non-hydrogen) atoms. The molecule has 0 spiro atoms. The topological polar surface area (TPSA) is 322 Å². The molecule has 2 atom stereocenters.